The molecule has 0 fully saturated rings. The molecule has 27 heavy (non-hydrogen) atoms. The number of nitrogens with one attached hydrogen (secondary N) is 1. The van der Waals surface area contributed by atoms with E-state index in [0.29, 0.717) is 11.5 Å². The second kappa shape index (κ2) is 8.39. The van der Waals surface area contributed by atoms with Gasteiger partial charge in [-0.2, -0.15) is 0 Å². The van der Waals surface area contributed by atoms with Crippen LogP contribution >= 0.6 is 0 Å². The lowest BCUT2D eigenvalue weighted by atomic mass is 10.2. The molecule has 0 radical (unpaired) electrons. The zero-order valence-corrected chi connectivity index (χ0v) is 14.6. The van der Waals surface area contributed by atoms with Gasteiger partial charge in [-0.3, -0.25) is 4.79 Å². The number of rotatable bonds is 7. The minimum absolute atomic E-state index is 0.0608. The number of amides is 1. The predicted molar refractivity (Wildman–Crippen MR) is 91.9 cm³/mol. The van der Waals surface area contributed by atoms with Crippen molar-refractivity contribution in [1.29, 1.82) is 0 Å². The predicted octanol–water partition coefficient (Wildman–Crippen LogP) is 2.18. The van der Waals surface area contributed by atoms with Gasteiger partial charge in [0.2, 0.25) is 6.79 Å². The van der Waals surface area contributed by atoms with Gasteiger partial charge in [-0.25, -0.2) is 9.18 Å². The van der Waals surface area contributed by atoms with Crippen molar-refractivity contribution in [3.8, 4) is 17.2 Å². The largest absolute Gasteiger partial charge is 0.479 e. The Morgan fingerprint density at radius 1 is 1.19 bits per heavy atom. The van der Waals surface area contributed by atoms with Gasteiger partial charge in [-0.15, -0.1) is 0 Å². The fraction of sp³-hybridized carbons (Fsp3) is 0.263. The van der Waals surface area contributed by atoms with Crippen LogP contribution in [0.3, 0.4) is 0 Å². The van der Waals surface area contributed by atoms with Crippen LogP contribution in [0.4, 0.5) is 4.39 Å². The van der Waals surface area contributed by atoms with Crippen LogP contribution in [-0.2, 0) is 20.9 Å². The van der Waals surface area contributed by atoms with E-state index in [1.54, 1.807) is 24.3 Å². The molecule has 1 heterocycles. The van der Waals surface area contributed by atoms with E-state index in [1.807, 2.05) is 0 Å². The molecule has 1 aliphatic heterocycles. The average molecular weight is 375 g/mol. The molecular weight excluding hydrogens is 357 g/mol. The Bertz CT molecular complexity index is 841. The highest BCUT2D eigenvalue weighted by Crippen LogP contribution is 2.32. The number of fused-ring (bicyclic) bond motifs is 1. The van der Waals surface area contributed by atoms with E-state index in [-0.39, 0.29) is 19.1 Å². The fourth-order valence-corrected chi connectivity index (χ4v) is 2.37. The number of esters is 1. The third-order valence-corrected chi connectivity index (χ3v) is 3.76. The first-order valence-electron chi connectivity index (χ1n) is 8.26. The van der Waals surface area contributed by atoms with E-state index in [9.17, 15) is 14.0 Å². The van der Waals surface area contributed by atoms with Crippen molar-refractivity contribution < 1.29 is 32.9 Å². The molecule has 0 spiro atoms. The summed E-state index contributed by atoms with van der Waals surface area (Å²) < 4.78 is 33.9. The van der Waals surface area contributed by atoms with Gasteiger partial charge >= 0.3 is 5.97 Å². The van der Waals surface area contributed by atoms with E-state index in [1.165, 1.54) is 25.1 Å². The molecule has 142 valence electrons. The third kappa shape index (κ3) is 4.87. The number of carbonyl (C=O) groups is 2. The van der Waals surface area contributed by atoms with Crippen molar-refractivity contribution >= 4 is 11.9 Å². The van der Waals surface area contributed by atoms with Crippen molar-refractivity contribution in [2.24, 2.45) is 0 Å². The maximum absolute atomic E-state index is 13.4. The SMILES string of the molecule is C[C@H](OC(=O)COc1ccccc1F)C(=O)NCc1ccc2c(c1)OCO2. The van der Waals surface area contributed by atoms with E-state index in [4.69, 9.17) is 18.9 Å². The van der Waals surface area contributed by atoms with Crippen LogP contribution in [0.15, 0.2) is 42.5 Å². The molecule has 0 unspecified atom stereocenters. The van der Waals surface area contributed by atoms with E-state index in [0.717, 1.165) is 5.56 Å². The first kappa shape index (κ1) is 18.5. The van der Waals surface area contributed by atoms with Gasteiger partial charge in [0.1, 0.15) is 0 Å². The molecule has 0 saturated carbocycles. The molecule has 0 saturated heterocycles. The maximum Gasteiger partial charge on any atom is 0.344 e. The molecule has 7 nitrogen and oxygen atoms in total. The number of para-hydroxylation sites is 1. The molecule has 1 amide bonds. The van der Waals surface area contributed by atoms with Crippen LogP contribution in [0, 0.1) is 5.82 Å². The van der Waals surface area contributed by atoms with Crippen LogP contribution in [-0.4, -0.2) is 31.4 Å². The summed E-state index contributed by atoms with van der Waals surface area (Å²) in [6.45, 7) is 1.35. The van der Waals surface area contributed by atoms with Crippen LogP contribution in [0.1, 0.15) is 12.5 Å². The molecule has 1 atom stereocenters. The molecule has 1 aliphatic rings. The Morgan fingerprint density at radius 2 is 1.96 bits per heavy atom. The number of halogens is 1. The zero-order valence-electron chi connectivity index (χ0n) is 14.6. The smallest absolute Gasteiger partial charge is 0.344 e. The zero-order chi connectivity index (χ0) is 19.2. The molecule has 2 aromatic rings. The van der Waals surface area contributed by atoms with Crippen molar-refractivity contribution in [3.05, 3.63) is 53.8 Å². The monoisotopic (exact) mass is 375 g/mol. The van der Waals surface area contributed by atoms with Crippen LogP contribution < -0.4 is 19.5 Å². The van der Waals surface area contributed by atoms with Crippen molar-refractivity contribution in [3.63, 3.8) is 0 Å². The Kier molecular flexibility index (Phi) is 5.75. The van der Waals surface area contributed by atoms with E-state index >= 15 is 0 Å². The number of hydrogen-bond acceptors (Lipinski definition) is 6. The van der Waals surface area contributed by atoms with Crippen molar-refractivity contribution in [2.45, 2.75) is 19.6 Å². The summed E-state index contributed by atoms with van der Waals surface area (Å²) in [6, 6.07) is 11.0. The molecule has 2 aromatic carbocycles. The lowest BCUT2D eigenvalue weighted by molar-refractivity contribution is -0.156. The Morgan fingerprint density at radius 3 is 2.78 bits per heavy atom. The van der Waals surface area contributed by atoms with Crippen molar-refractivity contribution in [2.75, 3.05) is 13.4 Å². The summed E-state index contributed by atoms with van der Waals surface area (Å²) >= 11 is 0. The summed E-state index contributed by atoms with van der Waals surface area (Å²) in [4.78, 5) is 23.8. The normalized spacial score (nSPS) is 13.0. The summed E-state index contributed by atoms with van der Waals surface area (Å²) in [5, 5.41) is 2.66. The second-order valence-electron chi connectivity index (χ2n) is 5.76. The summed E-state index contributed by atoms with van der Waals surface area (Å²) in [5.74, 6) is -0.612. The first-order valence-corrected chi connectivity index (χ1v) is 8.26. The fourth-order valence-electron chi connectivity index (χ4n) is 2.37. The summed E-state index contributed by atoms with van der Waals surface area (Å²) in [5.41, 5.74) is 0.814. The summed E-state index contributed by atoms with van der Waals surface area (Å²) in [7, 11) is 0. The van der Waals surface area contributed by atoms with Gasteiger partial charge in [0.15, 0.2) is 35.8 Å². The quantitative estimate of drug-likeness (QED) is 0.747. The van der Waals surface area contributed by atoms with Gasteiger partial charge in [0.05, 0.1) is 0 Å². The molecule has 8 heteroatoms. The summed E-state index contributed by atoms with van der Waals surface area (Å²) in [6.07, 6.45) is -1.02. The third-order valence-electron chi connectivity index (χ3n) is 3.76. The van der Waals surface area contributed by atoms with Gasteiger partial charge < -0.3 is 24.3 Å². The lowest BCUT2D eigenvalue weighted by Gasteiger charge is -2.14. The first-order chi connectivity index (χ1) is 13.0. The second-order valence-corrected chi connectivity index (χ2v) is 5.76. The number of carbonyl (C=O) groups excluding carboxylic acids is 2. The van der Waals surface area contributed by atoms with E-state index < -0.39 is 30.4 Å². The highest BCUT2D eigenvalue weighted by molar-refractivity contribution is 5.83. The number of hydrogen-bond donors (Lipinski definition) is 1. The Labute approximate surface area is 155 Å². The van der Waals surface area contributed by atoms with Gasteiger partial charge in [-0.05, 0) is 36.8 Å². The molecular formula is C19H18FNO6. The highest BCUT2D eigenvalue weighted by Gasteiger charge is 2.19. The molecule has 1 N–H and O–H groups in total. The topological polar surface area (TPSA) is 83.1 Å². The highest BCUT2D eigenvalue weighted by atomic mass is 19.1. The van der Waals surface area contributed by atoms with Crippen LogP contribution in [0.5, 0.6) is 17.2 Å². The standard InChI is InChI=1S/C19H18FNO6/c1-12(27-18(22)10-24-15-5-3-2-4-14(15)20)19(23)21-9-13-6-7-16-17(8-13)26-11-25-16/h2-8,12H,9-11H2,1H3,(H,21,23)/t12-/m0/s1. The Balaban J connectivity index is 1.43. The molecule has 0 aromatic heterocycles. The van der Waals surface area contributed by atoms with Gasteiger partial charge in [0.25, 0.3) is 5.91 Å². The number of ether oxygens (including phenoxy) is 4. The average Bonchev–Trinajstić information content (AvgIpc) is 3.13. The van der Waals surface area contributed by atoms with Crippen molar-refractivity contribution in [1.82, 2.24) is 5.32 Å². The minimum Gasteiger partial charge on any atom is -0.479 e. The van der Waals surface area contributed by atoms with Crippen LogP contribution in [0.25, 0.3) is 0 Å². The number of benzene rings is 2. The molecule has 0 aliphatic carbocycles. The molecule has 3 rings (SSSR count). The maximum atomic E-state index is 13.4. The molecule has 0 bridgehead atoms. The van der Waals surface area contributed by atoms with Crippen LogP contribution in [0.2, 0.25) is 0 Å². The van der Waals surface area contributed by atoms with Gasteiger partial charge in [-0.1, -0.05) is 18.2 Å². The van der Waals surface area contributed by atoms with E-state index in [2.05, 4.69) is 5.32 Å². The lowest BCUT2D eigenvalue weighted by Crippen LogP contribution is -2.36. The Hall–Kier alpha value is -3.29. The van der Waals surface area contributed by atoms with Gasteiger partial charge in [0, 0.05) is 6.54 Å². The minimum atomic E-state index is -1.02.